The van der Waals surface area contributed by atoms with Crippen LogP contribution in [0.5, 0.6) is 0 Å². The van der Waals surface area contributed by atoms with Crippen LogP contribution < -0.4 is 0 Å². The summed E-state index contributed by atoms with van der Waals surface area (Å²) in [6, 6.07) is 3.06. The predicted octanol–water partition coefficient (Wildman–Crippen LogP) is 2.57. The van der Waals surface area contributed by atoms with Crippen molar-refractivity contribution in [2.24, 2.45) is 0 Å². The van der Waals surface area contributed by atoms with Crippen LogP contribution in [0.2, 0.25) is 0 Å². The van der Waals surface area contributed by atoms with Crippen molar-refractivity contribution < 1.29 is 18.6 Å². The molecule has 1 aliphatic heterocycles. The zero-order chi connectivity index (χ0) is 11.8. The Morgan fingerprint density at radius 3 is 2.44 bits per heavy atom. The van der Waals surface area contributed by atoms with E-state index >= 15 is 0 Å². The Morgan fingerprint density at radius 2 is 1.94 bits per heavy atom. The molecular weight excluding hydrogens is 214 g/mol. The maximum Gasteiger partial charge on any atom is 0.126 e. The summed E-state index contributed by atoms with van der Waals surface area (Å²) < 4.78 is 31.5. The van der Waals surface area contributed by atoms with Crippen molar-refractivity contribution in [1.82, 2.24) is 0 Å². The Kier molecular flexibility index (Phi) is 2.95. The van der Waals surface area contributed by atoms with Gasteiger partial charge in [-0.1, -0.05) is 0 Å². The minimum absolute atomic E-state index is 0.224. The lowest BCUT2D eigenvalue weighted by Crippen LogP contribution is -2.32. The fourth-order valence-corrected chi connectivity index (χ4v) is 2.10. The van der Waals surface area contributed by atoms with Gasteiger partial charge in [0.25, 0.3) is 0 Å². The predicted molar refractivity (Wildman–Crippen MR) is 54.9 cm³/mol. The number of aliphatic hydroxyl groups is 1. The maximum atomic E-state index is 13.0. The molecule has 1 heterocycles. The number of aliphatic hydroxyl groups excluding tert-OH is 1. The molecule has 0 bridgehead atoms. The molecular formula is C12H14F2O2. The standard InChI is InChI=1S/C12H14F2O2/c1-12(3-2-4-16-12)11(15)8-5-9(13)7-10(14)6-8/h5-7,11,15H,2-4H2,1H3. The number of hydrogen-bond donors (Lipinski definition) is 1. The van der Waals surface area contributed by atoms with Gasteiger partial charge >= 0.3 is 0 Å². The van der Waals surface area contributed by atoms with Crippen LogP contribution >= 0.6 is 0 Å². The summed E-state index contributed by atoms with van der Waals surface area (Å²) in [6.45, 7) is 2.33. The topological polar surface area (TPSA) is 29.5 Å². The van der Waals surface area contributed by atoms with Crippen molar-refractivity contribution in [3.05, 3.63) is 35.4 Å². The van der Waals surface area contributed by atoms with Gasteiger partial charge in [0, 0.05) is 12.7 Å². The quantitative estimate of drug-likeness (QED) is 0.843. The Bertz CT molecular complexity index is 366. The van der Waals surface area contributed by atoms with E-state index in [9.17, 15) is 13.9 Å². The molecule has 0 spiro atoms. The summed E-state index contributed by atoms with van der Waals surface area (Å²) >= 11 is 0. The fraction of sp³-hybridized carbons (Fsp3) is 0.500. The summed E-state index contributed by atoms with van der Waals surface area (Å²) in [7, 11) is 0. The van der Waals surface area contributed by atoms with Gasteiger partial charge in [-0.2, -0.15) is 0 Å². The Labute approximate surface area is 92.9 Å². The van der Waals surface area contributed by atoms with E-state index < -0.39 is 23.3 Å². The number of hydrogen-bond acceptors (Lipinski definition) is 2. The lowest BCUT2D eigenvalue weighted by atomic mass is 9.90. The molecule has 1 aromatic rings. The first-order chi connectivity index (χ1) is 7.51. The van der Waals surface area contributed by atoms with Gasteiger partial charge in [-0.15, -0.1) is 0 Å². The van der Waals surface area contributed by atoms with E-state index in [0.717, 1.165) is 24.6 Å². The second kappa shape index (κ2) is 4.11. The van der Waals surface area contributed by atoms with Crippen molar-refractivity contribution in [3.8, 4) is 0 Å². The summed E-state index contributed by atoms with van der Waals surface area (Å²) in [5, 5.41) is 10.1. The van der Waals surface area contributed by atoms with E-state index in [1.54, 1.807) is 6.92 Å². The van der Waals surface area contributed by atoms with Crippen LogP contribution in [0.3, 0.4) is 0 Å². The molecule has 4 heteroatoms. The van der Waals surface area contributed by atoms with Crippen LogP contribution in [0.25, 0.3) is 0 Å². The van der Waals surface area contributed by atoms with Gasteiger partial charge in [0.05, 0.1) is 5.60 Å². The van der Waals surface area contributed by atoms with Gasteiger partial charge in [-0.25, -0.2) is 8.78 Å². The monoisotopic (exact) mass is 228 g/mol. The van der Waals surface area contributed by atoms with Crippen LogP contribution in [0.15, 0.2) is 18.2 Å². The Morgan fingerprint density at radius 1 is 1.31 bits per heavy atom. The molecule has 2 nitrogen and oxygen atoms in total. The first-order valence-electron chi connectivity index (χ1n) is 5.29. The number of benzene rings is 1. The van der Waals surface area contributed by atoms with Crippen molar-refractivity contribution in [2.45, 2.75) is 31.5 Å². The molecule has 0 aliphatic carbocycles. The molecule has 0 radical (unpaired) electrons. The number of rotatable bonds is 2. The average molecular weight is 228 g/mol. The molecule has 2 unspecified atom stereocenters. The molecule has 1 N–H and O–H groups in total. The first kappa shape index (κ1) is 11.5. The lowest BCUT2D eigenvalue weighted by molar-refractivity contribution is -0.0797. The summed E-state index contributed by atoms with van der Waals surface area (Å²) in [6.07, 6.45) is 0.540. The Balaban J connectivity index is 2.29. The van der Waals surface area contributed by atoms with Crippen molar-refractivity contribution in [3.63, 3.8) is 0 Å². The highest BCUT2D eigenvalue weighted by atomic mass is 19.1. The molecule has 1 fully saturated rings. The van der Waals surface area contributed by atoms with E-state index in [0.29, 0.717) is 13.0 Å². The van der Waals surface area contributed by atoms with Gasteiger partial charge < -0.3 is 9.84 Å². The minimum Gasteiger partial charge on any atom is -0.385 e. The molecule has 88 valence electrons. The Hall–Kier alpha value is -1.00. The van der Waals surface area contributed by atoms with Crippen LogP contribution in [-0.2, 0) is 4.74 Å². The van der Waals surface area contributed by atoms with Crippen molar-refractivity contribution in [1.29, 1.82) is 0 Å². The van der Waals surface area contributed by atoms with Crippen molar-refractivity contribution >= 4 is 0 Å². The van der Waals surface area contributed by atoms with Crippen LogP contribution in [0.4, 0.5) is 8.78 Å². The summed E-state index contributed by atoms with van der Waals surface area (Å²) in [5.41, 5.74) is -0.512. The highest BCUT2D eigenvalue weighted by molar-refractivity contribution is 5.22. The molecule has 1 aromatic carbocycles. The van der Waals surface area contributed by atoms with Gasteiger partial charge in [-0.3, -0.25) is 0 Å². The minimum atomic E-state index is -1.000. The molecule has 0 saturated carbocycles. The largest absolute Gasteiger partial charge is 0.385 e. The molecule has 0 aromatic heterocycles. The normalized spacial score (nSPS) is 27.0. The van der Waals surface area contributed by atoms with Gasteiger partial charge in [0.2, 0.25) is 0 Å². The van der Waals surface area contributed by atoms with Crippen LogP contribution in [0, 0.1) is 11.6 Å². The first-order valence-corrected chi connectivity index (χ1v) is 5.29. The second-order valence-electron chi connectivity index (χ2n) is 4.37. The van der Waals surface area contributed by atoms with E-state index in [1.807, 2.05) is 0 Å². The highest BCUT2D eigenvalue weighted by Gasteiger charge is 2.38. The van der Waals surface area contributed by atoms with Crippen LogP contribution in [-0.4, -0.2) is 17.3 Å². The lowest BCUT2D eigenvalue weighted by Gasteiger charge is -2.29. The van der Waals surface area contributed by atoms with E-state index in [1.165, 1.54) is 0 Å². The fourth-order valence-electron chi connectivity index (χ4n) is 2.10. The zero-order valence-electron chi connectivity index (χ0n) is 9.04. The van der Waals surface area contributed by atoms with Gasteiger partial charge in [-0.05, 0) is 37.5 Å². The molecule has 16 heavy (non-hydrogen) atoms. The number of halogens is 2. The SMILES string of the molecule is CC1(C(O)c2cc(F)cc(F)c2)CCCO1. The molecule has 2 atom stereocenters. The third kappa shape index (κ3) is 2.08. The summed E-state index contributed by atoms with van der Waals surface area (Å²) in [5.74, 6) is -1.37. The number of ether oxygens (including phenoxy) is 1. The third-order valence-corrected chi connectivity index (χ3v) is 3.03. The van der Waals surface area contributed by atoms with Crippen molar-refractivity contribution in [2.75, 3.05) is 6.61 Å². The highest BCUT2D eigenvalue weighted by Crippen LogP contribution is 2.37. The molecule has 1 saturated heterocycles. The smallest absolute Gasteiger partial charge is 0.126 e. The van der Waals surface area contributed by atoms with Crippen LogP contribution in [0.1, 0.15) is 31.4 Å². The molecule has 1 aliphatic rings. The zero-order valence-corrected chi connectivity index (χ0v) is 9.04. The van der Waals surface area contributed by atoms with Gasteiger partial charge in [0.1, 0.15) is 17.7 Å². The second-order valence-corrected chi connectivity index (χ2v) is 4.37. The van der Waals surface area contributed by atoms with E-state index in [2.05, 4.69) is 0 Å². The third-order valence-electron chi connectivity index (χ3n) is 3.03. The maximum absolute atomic E-state index is 13.0. The molecule has 2 rings (SSSR count). The summed E-state index contributed by atoms with van der Waals surface area (Å²) in [4.78, 5) is 0. The van der Waals surface area contributed by atoms with E-state index in [-0.39, 0.29) is 5.56 Å². The van der Waals surface area contributed by atoms with Gasteiger partial charge in [0.15, 0.2) is 0 Å². The average Bonchev–Trinajstić information content (AvgIpc) is 2.64. The molecule has 0 amide bonds. The van der Waals surface area contributed by atoms with E-state index in [4.69, 9.17) is 4.74 Å².